The third-order valence-electron chi connectivity index (χ3n) is 2.73. The molecule has 0 aromatic heterocycles. The molecule has 7 heteroatoms. The van der Waals surface area contributed by atoms with E-state index in [1.165, 1.54) is 25.6 Å². The second-order valence-electron chi connectivity index (χ2n) is 4.26. The molecule has 1 aromatic rings. The lowest BCUT2D eigenvalue weighted by atomic mass is 10.1. The fourth-order valence-corrected chi connectivity index (χ4v) is 2.14. The Labute approximate surface area is 126 Å². The van der Waals surface area contributed by atoms with E-state index in [1.807, 2.05) is 0 Å². The standard InChI is InChI=1S/C14H16N2O4S/c1-8(9(2)14(19)20)13(18)16-10-5-3-4-6-11(10)21-7-12(15)17/h3-6H,7H2,1-2H3,(H2,15,17)(H,16,18)(H,19,20). The van der Waals surface area contributed by atoms with Gasteiger partial charge in [0.25, 0.3) is 5.91 Å². The van der Waals surface area contributed by atoms with E-state index in [4.69, 9.17) is 10.8 Å². The molecule has 0 aliphatic rings. The van der Waals surface area contributed by atoms with Crippen LogP contribution in [0.3, 0.4) is 0 Å². The molecular weight excluding hydrogens is 292 g/mol. The quantitative estimate of drug-likeness (QED) is 0.546. The van der Waals surface area contributed by atoms with Crippen LogP contribution < -0.4 is 11.1 Å². The van der Waals surface area contributed by atoms with Crippen LogP contribution in [-0.4, -0.2) is 28.6 Å². The molecule has 0 heterocycles. The Morgan fingerprint density at radius 2 is 1.81 bits per heavy atom. The minimum absolute atomic E-state index is 0.0187. The lowest BCUT2D eigenvalue weighted by Crippen LogP contribution is -2.17. The van der Waals surface area contributed by atoms with E-state index in [0.717, 1.165) is 0 Å². The summed E-state index contributed by atoms with van der Waals surface area (Å²) in [6.07, 6.45) is 0. The summed E-state index contributed by atoms with van der Waals surface area (Å²) in [4.78, 5) is 34.4. The summed E-state index contributed by atoms with van der Waals surface area (Å²) in [7, 11) is 0. The number of thioether (sulfide) groups is 1. The Hall–Kier alpha value is -2.28. The van der Waals surface area contributed by atoms with Crippen LogP contribution in [-0.2, 0) is 14.4 Å². The van der Waals surface area contributed by atoms with E-state index in [-0.39, 0.29) is 16.9 Å². The highest BCUT2D eigenvalue weighted by molar-refractivity contribution is 8.00. The maximum absolute atomic E-state index is 12.0. The second-order valence-corrected chi connectivity index (χ2v) is 5.28. The Morgan fingerprint density at radius 1 is 1.19 bits per heavy atom. The predicted octanol–water partition coefficient (Wildman–Crippen LogP) is 1.62. The average molecular weight is 308 g/mol. The maximum atomic E-state index is 12.0. The fourth-order valence-electron chi connectivity index (χ4n) is 1.39. The largest absolute Gasteiger partial charge is 0.478 e. The number of carbonyl (C=O) groups excluding carboxylic acids is 2. The summed E-state index contributed by atoms with van der Waals surface area (Å²) < 4.78 is 0. The summed E-state index contributed by atoms with van der Waals surface area (Å²) in [5, 5.41) is 11.5. The average Bonchev–Trinajstić information content (AvgIpc) is 2.44. The first-order valence-corrected chi connectivity index (χ1v) is 7.03. The highest BCUT2D eigenvalue weighted by Crippen LogP contribution is 2.27. The number of hydrogen-bond acceptors (Lipinski definition) is 4. The van der Waals surface area contributed by atoms with Gasteiger partial charge in [-0.1, -0.05) is 12.1 Å². The molecule has 2 amide bonds. The predicted molar refractivity (Wildman–Crippen MR) is 81.0 cm³/mol. The maximum Gasteiger partial charge on any atom is 0.331 e. The summed E-state index contributed by atoms with van der Waals surface area (Å²) in [6.45, 7) is 2.81. The normalized spacial score (nSPS) is 11.5. The van der Waals surface area contributed by atoms with Crippen molar-refractivity contribution in [1.29, 1.82) is 0 Å². The van der Waals surface area contributed by atoms with Crippen molar-refractivity contribution in [1.82, 2.24) is 0 Å². The zero-order valence-corrected chi connectivity index (χ0v) is 12.5. The van der Waals surface area contributed by atoms with Crippen LogP contribution in [0.15, 0.2) is 40.3 Å². The van der Waals surface area contributed by atoms with E-state index in [2.05, 4.69) is 5.32 Å². The number of carboxylic acid groups (broad SMARTS) is 1. The van der Waals surface area contributed by atoms with Gasteiger partial charge in [0.2, 0.25) is 5.91 Å². The minimum atomic E-state index is -1.14. The van der Waals surface area contributed by atoms with Gasteiger partial charge in [-0.2, -0.15) is 0 Å². The summed E-state index contributed by atoms with van der Waals surface area (Å²) in [5.74, 6) is -2.00. The molecule has 0 bridgehead atoms. The minimum Gasteiger partial charge on any atom is -0.478 e. The topological polar surface area (TPSA) is 109 Å². The Kier molecular flexibility index (Phi) is 5.98. The van der Waals surface area contributed by atoms with Crippen molar-refractivity contribution < 1.29 is 19.5 Å². The Bertz CT molecular complexity index is 611. The number of anilines is 1. The molecule has 0 saturated heterocycles. The number of primary amides is 1. The van der Waals surface area contributed by atoms with Crippen molar-refractivity contribution in [3.63, 3.8) is 0 Å². The molecule has 0 saturated carbocycles. The van der Waals surface area contributed by atoms with Crippen LogP contribution in [0.4, 0.5) is 5.69 Å². The van der Waals surface area contributed by atoms with Gasteiger partial charge < -0.3 is 16.2 Å². The van der Waals surface area contributed by atoms with Gasteiger partial charge in [-0.15, -0.1) is 11.8 Å². The molecule has 0 spiro atoms. The number of benzene rings is 1. The third-order valence-corrected chi connectivity index (χ3v) is 3.82. The van der Waals surface area contributed by atoms with E-state index >= 15 is 0 Å². The number of nitrogens with one attached hydrogen (secondary N) is 1. The SMILES string of the molecule is CC(C(=O)O)=C(C)C(=O)Nc1ccccc1SCC(N)=O. The molecule has 0 aliphatic heterocycles. The van der Waals surface area contributed by atoms with Gasteiger partial charge in [0.15, 0.2) is 0 Å². The summed E-state index contributed by atoms with van der Waals surface area (Å²) in [5.41, 5.74) is 5.70. The first-order valence-electron chi connectivity index (χ1n) is 6.05. The van der Waals surface area contributed by atoms with Crippen molar-refractivity contribution in [2.45, 2.75) is 18.7 Å². The summed E-state index contributed by atoms with van der Waals surface area (Å²) in [6, 6.07) is 6.91. The van der Waals surface area contributed by atoms with Gasteiger partial charge in [0, 0.05) is 16.0 Å². The Balaban J connectivity index is 2.93. The first kappa shape index (κ1) is 16.8. The molecule has 6 nitrogen and oxygen atoms in total. The molecule has 21 heavy (non-hydrogen) atoms. The van der Waals surface area contributed by atoms with E-state index in [1.54, 1.807) is 24.3 Å². The molecule has 0 atom stereocenters. The fraction of sp³-hybridized carbons (Fsp3) is 0.214. The number of carboxylic acids is 1. The number of aliphatic carboxylic acids is 1. The van der Waals surface area contributed by atoms with Crippen molar-refractivity contribution in [3.8, 4) is 0 Å². The number of rotatable bonds is 6. The van der Waals surface area contributed by atoms with Gasteiger partial charge in [-0.25, -0.2) is 4.79 Å². The van der Waals surface area contributed by atoms with E-state index < -0.39 is 17.8 Å². The van der Waals surface area contributed by atoms with E-state index in [9.17, 15) is 14.4 Å². The van der Waals surface area contributed by atoms with Crippen molar-refractivity contribution in [2.24, 2.45) is 5.73 Å². The number of carbonyl (C=O) groups is 3. The van der Waals surface area contributed by atoms with Crippen LogP contribution in [0.25, 0.3) is 0 Å². The van der Waals surface area contributed by atoms with Crippen LogP contribution in [0.5, 0.6) is 0 Å². The zero-order chi connectivity index (χ0) is 16.0. The van der Waals surface area contributed by atoms with Gasteiger partial charge in [-0.3, -0.25) is 9.59 Å². The number of hydrogen-bond donors (Lipinski definition) is 3. The lowest BCUT2D eigenvalue weighted by Gasteiger charge is -2.11. The molecule has 1 rings (SSSR count). The van der Waals surface area contributed by atoms with Gasteiger partial charge in [0.05, 0.1) is 11.4 Å². The third kappa shape index (κ3) is 4.96. The van der Waals surface area contributed by atoms with Crippen LogP contribution in [0, 0.1) is 0 Å². The van der Waals surface area contributed by atoms with Gasteiger partial charge in [0.1, 0.15) is 0 Å². The van der Waals surface area contributed by atoms with Crippen molar-refractivity contribution in [3.05, 3.63) is 35.4 Å². The lowest BCUT2D eigenvalue weighted by molar-refractivity contribution is -0.133. The Morgan fingerprint density at radius 3 is 2.38 bits per heavy atom. The smallest absolute Gasteiger partial charge is 0.331 e. The molecular formula is C14H16N2O4S. The number of nitrogens with two attached hydrogens (primary N) is 1. The van der Waals surface area contributed by atoms with Gasteiger partial charge >= 0.3 is 5.97 Å². The molecule has 0 radical (unpaired) electrons. The number of amides is 2. The van der Waals surface area contributed by atoms with Crippen molar-refractivity contribution >= 4 is 35.2 Å². The molecule has 112 valence electrons. The highest BCUT2D eigenvalue weighted by atomic mass is 32.2. The van der Waals surface area contributed by atoms with Crippen molar-refractivity contribution in [2.75, 3.05) is 11.1 Å². The van der Waals surface area contributed by atoms with Crippen LogP contribution in [0.1, 0.15) is 13.8 Å². The van der Waals surface area contributed by atoms with Crippen LogP contribution >= 0.6 is 11.8 Å². The second kappa shape index (κ2) is 7.49. The van der Waals surface area contributed by atoms with E-state index in [0.29, 0.717) is 10.6 Å². The molecule has 4 N–H and O–H groups in total. The molecule has 0 fully saturated rings. The highest BCUT2D eigenvalue weighted by Gasteiger charge is 2.14. The molecule has 1 aromatic carbocycles. The molecule has 0 unspecified atom stereocenters. The number of para-hydroxylation sites is 1. The van der Waals surface area contributed by atoms with Crippen LogP contribution in [0.2, 0.25) is 0 Å². The first-order chi connectivity index (χ1) is 9.82. The monoisotopic (exact) mass is 308 g/mol. The zero-order valence-electron chi connectivity index (χ0n) is 11.7. The summed E-state index contributed by atoms with van der Waals surface area (Å²) >= 11 is 1.20. The molecule has 0 aliphatic carbocycles. The van der Waals surface area contributed by atoms with Gasteiger partial charge in [-0.05, 0) is 26.0 Å².